The van der Waals surface area contributed by atoms with Crippen LogP contribution in [0.5, 0.6) is 0 Å². The molecule has 7 heteroatoms. The number of nitrogens with zero attached hydrogens (tertiary/aromatic N) is 5. The van der Waals surface area contributed by atoms with Gasteiger partial charge in [0, 0.05) is 46.2 Å². The molecule has 2 aliphatic rings. The number of rotatable bonds is 5. The zero-order chi connectivity index (χ0) is 18.6. The van der Waals surface area contributed by atoms with Crippen molar-refractivity contribution in [3.63, 3.8) is 0 Å². The maximum absolute atomic E-state index is 12.9. The molecule has 0 saturated carbocycles. The maximum Gasteiger partial charge on any atom is 0.237 e. The van der Waals surface area contributed by atoms with Crippen molar-refractivity contribution in [1.29, 1.82) is 0 Å². The molecule has 3 heterocycles. The molecule has 27 heavy (non-hydrogen) atoms. The maximum atomic E-state index is 12.9. The summed E-state index contributed by atoms with van der Waals surface area (Å²) < 4.78 is 5.10. The lowest BCUT2D eigenvalue weighted by molar-refractivity contribution is -0.134. The van der Waals surface area contributed by atoms with Crippen LogP contribution in [0.15, 0.2) is 34.9 Å². The van der Waals surface area contributed by atoms with Gasteiger partial charge in [-0.25, -0.2) is 0 Å². The first-order valence-corrected chi connectivity index (χ1v) is 9.77. The molecule has 1 aromatic heterocycles. The summed E-state index contributed by atoms with van der Waals surface area (Å²) in [5, 5.41) is 4.03. The molecule has 1 aromatic carbocycles. The highest BCUT2D eigenvalue weighted by Crippen LogP contribution is 2.30. The summed E-state index contributed by atoms with van der Waals surface area (Å²) >= 11 is 0. The number of amides is 1. The summed E-state index contributed by atoms with van der Waals surface area (Å²) in [7, 11) is 0. The third-order valence-corrected chi connectivity index (χ3v) is 5.49. The minimum Gasteiger partial charge on any atom is -0.340 e. The summed E-state index contributed by atoms with van der Waals surface area (Å²) in [6, 6.07) is 10.5. The summed E-state index contributed by atoms with van der Waals surface area (Å²) in [6.07, 6.45) is 1.91. The summed E-state index contributed by atoms with van der Waals surface area (Å²) in [4.78, 5) is 23.8. The number of carbonyl (C=O) groups excluding carboxylic acids is 1. The minimum atomic E-state index is -0.0330. The second-order valence-electron chi connectivity index (χ2n) is 7.45. The molecule has 4 rings (SSSR count). The minimum absolute atomic E-state index is 0.0330. The molecule has 144 valence electrons. The van der Waals surface area contributed by atoms with Crippen molar-refractivity contribution >= 4 is 5.91 Å². The van der Waals surface area contributed by atoms with Gasteiger partial charge in [0.05, 0.1) is 12.6 Å². The van der Waals surface area contributed by atoms with Crippen LogP contribution in [0.2, 0.25) is 0 Å². The molecular formula is C20H27N5O2. The predicted octanol–water partition coefficient (Wildman–Crippen LogP) is 1.86. The molecule has 2 aliphatic heterocycles. The SMILES string of the molecule is Cc1nc(C2CCCN2C(=O)CN2CCN(Cc3ccccc3)CC2)no1. The van der Waals surface area contributed by atoms with Crippen LogP contribution in [-0.2, 0) is 11.3 Å². The van der Waals surface area contributed by atoms with Crippen LogP contribution in [0.3, 0.4) is 0 Å². The molecule has 0 bridgehead atoms. The summed E-state index contributed by atoms with van der Waals surface area (Å²) in [5.74, 6) is 1.38. The van der Waals surface area contributed by atoms with Crippen molar-refractivity contribution in [2.45, 2.75) is 32.4 Å². The van der Waals surface area contributed by atoms with Crippen molar-refractivity contribution in [1.82, 2.24) is 24.8 Å². The molecule has 1 atom stereocenters. The van der Waals surface area contributed by atoms with Crippen LogP contribution < -0.4 is 0 Å². The average Bonchev–Trinajstić information content (AvgIpc) is 3.33. The number of carbonyl (C=O) groups is 1. The Morgan fingerprint density at radius 1 is 1.11 bits per heavy atom. The average molecular weight is 369 g/mol. The zero-order valence-corrected chi connectivity index (χ0v) is 15.9. The Hall–Kier alpha value is -2.25. The van der Waals surface area contributed by atoms with Gasteiger partial charge in [-0.1, -0.05) is 35.5 Å². The van der Waals surface area contributed by atoms with Crippen molar-refractivity contribution in [3.05, 3.63) is 47.6 Å². The number of likely N-dealkylation sites (tertiary alicyclic amines) is 1. The molecule has 0 radical (unpaired) electrons. The van der Waals surface area contributed by atoms with Crippen LogP contribution in [0, 0.1) is 6.92 Å². The fourth-order valence-corrected chi connectivity index (χ4v) is 4.01. The molecule has 7 nitrogen and oxygen atoms in total. The monoisotopic (exact) mass is 369 g/mol. The van der Waals surface area contributed by atoms with Crippen molar-refractivity contribution in [2.24, 2.45) is 0 Å². The first kappa shape index (κ1) is 18.1. The Morgan fingerprint density at radius 2 is 1.85 bits per heavy atom. The fraction of sp³-hybridized carbons (Fsp3) is 0.550. The highest BCUT2D eigenvalue weighted by atomic mass is 16.5. The van der Waals surface area contributed by atoms with E-state index in [1.165, 1.54) is 5.56 Å². The largest absolute Gasteiger partial charge is 0.340 e. The molecule has 1 unspecified atom stereocenters. The number of benzene rings is 1. The lowest BCUT2D eigenvalue weighted by atomic mass is 10.2. The second kappa shape index (κ2) is 8.19. The predicted molar refractivity (Wildman–Crippen MR) is 101 cm³/mol. The van der Waals surface area contributed by atoms with Gasteiger partial charge in [-0.15, -0.1) is 0 Å². The van der Waals surface area contributed by atoms with Gasteiger partial charge in [-0.2, -0.15) is 4.98 Å². The fourth-order valence-electron chi connectivity index (χ4n) is 4.01. The standard InChI is InChI=1S/C20H27N5O2/c1-16-21-20(22-27-16)18-8-5-9-25(18)19(26)15-24-12-10-23(11-13-24)14-17-6-3-2-4-7-17/h2-4,6-7,18H,5,8-15H2,1H3. The van der Waals surface area contributed by atoms with E-state index in [2.05, 4.69) is 50.3 Å². The Balaban J connectivity index is 1.28. The normalized spacial score (nSPS) is 21.7. The first-order valence-electron chi connectivity index (χ1n) is 9.77. The molecule has 0 aliphatic carbocycles. The molecule has 2 aromatic rings. The Kier molecular flexibility index (Phi) is 5.50. The lowest BCUT2D eigenvalue weighted by Crippen LogP contribution is -2.49. The lowest BCUT2D eigenvalue weighted by Gasteiger charge is -2.35. The van der Waals surface area contributed by atoms with Gasteiger partial charge in [0.1, 0.15) is 0 Å². The van der Waals surface area contributed by atoms with Gasteiger partial charge in [-0.05, 0) is 18.4 Å². The van der Waals surface area contributed by atoms with E-state index in [4.69, 9.17) is 4.52 Å². The van der Waals surface area contributed by atoms with Crippen molar-refractivity contribution in [3.8, 4) is 0 Å². The van der Waals surface area contributed by atoms with Crippen molar-refractivity contribution in [2.75, 3.05) is 39.3 Å². The smallest absolute Gasteiger partial charge is 0.237 e. The van der Waals surface area contributed by atoms with E-state index in [1.54, 1.807) is 6.92 Å². The first-order chi connectivity index (χ1) is 13.2. The van der Waals surface area contributed by atoms with Gasteiger partial charge in [0.15, 0.2) is 5.82 Å². The van der Waals surface area contributed by atoms with E-state index in [9.17, 15) is 4.79 Å². The third-order valence-electron chi connectivity index (χ3n) is 5.49. The van der Waals surface area contributed by atoms with E-state index in [-0.39, 0.29) is 11.9 Å². The quantitative estimate of drug-likeness (QED) is 0.802. The highest BCUT2D eigenvalue weighted by molar-refractivity contribution is 5.79. The molecular weight excluding hydrogens is 342 g/mol. The van der Waals surface area contributed by atoms with Gasteiger partial charge in [-0.3, -0.25) is 14.6 Å². The molecule has 2 fully saturated rings. The highest BCUT2D eigenvalue weighted by Gasteiger charge is 2.34. The van der Waals surface area contributed by atoms with E-state index in [0.717, 1.165) is 52.1 Å². The van der Waals surface area contributed by atoms with Crippen LogP contribution in [0.25, 0.3) is 0 Å². The Morgan fingerprint density at radius 3 is 2.56 bits per heavy atom. The number of piperazine rings is 1. The molecule has 0 spiro atoms. The number of aromatic nitrogens is 2. The summed E-state index contributed by atoms with van der Waals surface area (Å²) in [5.41, 5.74) is 1.34. The van der Waals surface area contributed by atoms with Crippen LogP contribution in [0.1, 0.15) is 36.2 Å². The van der Waals surface area contributed by atoms with Crippen LogP contribution in [-0.4, -0.2) is 70.0 Å². The van der Waals surface area contributed by atoms with E-state index in [1.807, 2.05) is 4.90 Å². The van der Waals surface area contributed by atoms with E-state index >= 15 is 0 Å². The number of aryl methyl sites for hydroxylation is 1. The van der Waals surface area contributed by atoms with E-state index in [0.29, 0.717) is 18.3 Å². The van der Waals surface area contributed by atoms with Gasteiger partial charge >= 0.3 is 0 Å². The topological polar surface area (TPSA) is 65.7 Å². The Bertz CT molecular complexity index is 755. The van der Waals surface area contributed by atoms with Crippen LogP contribution >= 0.6 is 0 Å². The molecule has 2 saturated heterocycles. The molecule has 1 amide bonds. The van der Waals surface area contributed by atoms with E-state index < -0.39 is 0 Å². The zero-order valence-electron chi connectivity index (χ0n) is 15.9. The molecule has 0 N–H and O–H groups in total. The second-order valence-corrected chi connectivity index (χ2v) is 7.45. The van der Waals surface area contributed by atoms with Gasteiger partial charge in [0.2, 0.25) is 11.8 Å². The van der Waals surface area contributed by atoms with Crippen LogP contribution in [0.4, 0.5) is 0 Å². The third kappa shape index (κ3) is 4.36. The van der Waals surface area contributed by atoms with Gasteiger partial charge in [0.25, 0.3) is 0 Å². The van der Waals surface area contributed by atoms with Crippen molar-refractivity contribution < 1.29 is 9.32 Å². The number of hydrogen-bond acceptors (Lipinski definition) is 6. The Labute approximate surface area is 159 Å². The van der Waals surface area contributed by atoms with Gasteiger partial charge < -0.3 is 9.42 Å². The number of hydrogen-bond donors (Lipinski definition) is 0. The summed E-state index contributed by atoms with van der Waals surface area (Å²) in [6.45, 7) is 7.88.